The van der Waals surface area contributed by atoms with Gasteiger partial charge in [0.1, 0.15) is 12.6 Å². The maximum atomic E-state index is 14.5. The predicted molar refractivity (Wildman–Crippen MR) is 155 cm³/mol. The minimum atomic E-state index is -0.767. The van der Waals surface area contributed by atoms with E-state index in [9.17, 15) is 14.4 Å². The van der Waals surface area contributed by atoms with Crippen LogP contribution < -0.4 is 4.90 Å². The third kappa shape index (κ3) is 5.19. The molecule has 3 heterocycles. The van der Waals surface area contributed by atoms with E-state index in [2.05, 4.69) is 29.1 Å². The Morgan fingerprint density at radius 2 is 1.97 bits per heavy atom. The molecule has 3 aliphatic heterocycles. The van der Waals surface area contributed by atoms with E-state index < -0.39 is 28.6 Å². The Morgan fingerprint density at radius 3 is 2.66 bits per heavy atom. The number of amides is 2. The predicted octanol–water partition coefficient (Wildman–Crippen LogP) is 4.61. The van der Waals surface area contributed by atoms with Gasteiger partial charge in [-0.1, -0.05) is 71.2 Å². The number of halogens is 2. The van der Waals surface area contributed by atoms with Crippen LogP contribution in [0.4, 0.5) is 5.69 Å². The molecular formula is C28H34BrClN2O5S. The normalized spacial score (nSPS) is 29.3. The van der Waals surface area contributed by atoms with Gasteiger partial charge in [-0.2, -0.15) is 0 Å². The van der Waals surface area contributed by atoms with Crippen LogP contribution in [-0.4, -0.2) is 75.0 Å². The second kappa shape index (κ2) is 12.6. The Labute approximate surface area is 241 Å². The molecule has 2 bridgehead atoms. The van der Waals surface area contributed by atoms with Gasteiger partial charge in [-0.3, -0.25) is 14.4 Å². The van der Waals surface area contributed by atoms with Gasteiger partial charge < -0.3 is 19.6 Å². The molecule has 206 valence electrons. The molecule has 0 saturated carbocycles. The minimum Gasteiger partial charge on any atom is -0.461 e. The number of carbonyl (C=O) groups excluding carboxylic acids is 3. The summed E-state index contributed by atoms with van der Waals surface area (Å²) >= 11 is 11.9. The molecule has 1 spiro atoms. The van der Waals surface area contributed by atoms with Crippen LogP contribution in [0.1, 0.15) is 32.1 Å². The summed E-state index contributed by atoms with van der Waals surface area (Å²) in [4.78, 5) is 45.1. The van der Waals surface area contributed by atoms with Crippen LogP contribution in [0, 0.1) is 11.8 Å². The fourth-order valence-electron chi connectivity index (χ4n) is 6.16. The van der Waals surface area contributed by atoms with E-state index in [0.717, 1.165) is 12.8 Å². The van der Waals surface area contributed by atoms with Gasteiger partial charge in [-0.05, 0) is 31.4 Å². The summed E-state index contributed by atoms with van der Waals surface area (Å²) in [6, 6.07) is 6.38. The molecule has 1 N–H and O–H groups in total. The van der Waals surface area contributed by atoms with Crippen LogP contribution in [0.25, 0.3) is 0 Å². The topological polar surface area (TPSA) is 87.1 Å². The maximum absolute atomic E-state index is 14.5. The SMILES string of the molecule is C=CCOC(=O)[C@H]1[C@H]2C(=O)N(CCCCCCO)C(C(=O)N(CC=C)c3ccccc3Cl)C23CC(Br)[C@@H]1S3. The minimum absolute atomic E-state index is 0.0363. The van der Waals surface area contributed by atoms with Gasteiger partial charge in [0.2, 0.25) is 5.91 Å². The fraction of sp³-hybridized carbons (Fsp3) is 0.536. The van der Waals surface area contributed by atoms with Gasteiger partial charge in [0, 0.05) is 29.8 Å². The van der Waals surface area contributed by atoms with E-state index in [0.29, 0.717) is 36.5 Å². The molecule has 6 atom stereocenters. The fourth-order valence-corrected chi connectivity index (χ4v) is 9.99. The van der Waals surface area contributed by atoms with Crippen molar-refractivity contribution >= 4 is 62.8 Å². The highest BCUT2D eigenvalue weighted by Crippen LogP contribution is 2.68. The van der Waals surface area contributed by atoms with Crippen LogP contribution in [0.2, 0.25) is 5.02 Å². The summed E-state index contributed by atoms with van der Waals surface area (Å²) < 4.78 is 4.68. The molecule has 10 heteroatoms. The van der Waals surface area contributed by atoms with Crippen LogP contribution >= 0.6 is 39.3 Å². The van der Waals surface area contributed by atoms with Crippen molar-refractivity contribution in [2.24, 2.45) is 11.8 Å². The summed E-state index contributed by atoms with van der Waals surface area (Å²) in [7, 11) is 0. The molecule has 3 unspecified atom stereocenters. The zero-order valence-electron chi connectivity index (χ0n) is 21.3. The number of anilines is 1. The number of unbranched alkanes of at least 4 members (excludes halogenated alkanes) is 3. The zero-order valence-corrected chi connectivity index (χ0v) is 24.4. The number of esters is 1. The van der Waals surface area contributed by atoms with E-state index in [1.807, 2.05) is 6.07 Å². The van der Waals surface area contributed by atoms with Crippen LogP contribution in [0.5, 0.6) is 0 Å². The van der Waals surface area contributed by atoms with Crippen LogP contribution in [0.15, 0.2) is 49.6 Å². The first-order valence-corrected chi connectivity index (χ1v) is 15.2. The molecule has 0 radical (unpaired) electrons. The van der Waals surface area contributed by atoms with Crippen LogP contribution in [-0.2, 0) is 19.1 Å². The van der Waals surface area contributed by atoms with E-state index >= 15 is 0 Å². The third-order valence-electron chi connectivity index (χ3n) is 7.67. The molecule has 3 fully saturated rings. The lowest BCUT2D eigenvalue weighted by atomic mass is 9.71. The van der Waals surface area contributed by atoms with Crippen molar-refractivity contribution in [2.45, 2.75) is 53.0 Å². The number of rotatable bonds is 13. The summed E-state index contributed by atoms with van der Waals surface area (Å²) in [6.45, 7) is 8.30. The molecule has 3 saturated heterocycles. The van der Waals surface area contributed by atoms with E-state index in [4.69, 9.17) is 21.4 Å². The van der Waals surface area contributed by atoms with Gasteiger partial charge in [0.05, 0.1) is 27.3 Å². The summed E-state index contributed by atoms with van der Waals surface area (Å²) in [6.07, 6.45) is 6.81. The first kappa shape index (κ1) is 29.2. The van der Waals surface area contributed by atoms with E-state index in [1.165, 1.54) is 6.08 Å². The van der Waals surface area contributed by atoms with Crippen molar-refractivity contribution in [3.8, 4) is 0 Å². The number of aliphatic hydroxyl groups is 1. The molecule has 0 aromatic heterocycles. The zero-order chi connectivity index (χ0) is 27.4. The molecule has 1 aromatic rings. The lowest BCUT2D eigenvalue weighted by molar-refractivity contribution is -0.153. The number of alkyl halides is 1. The molecular weight excluding hydrogens is 592 g/mol. The Hall–Kier alpha value is -1.81. The number of carbonyl (C=O) groups is 3. The number of aliphatic hydroxyl groups excluding tert-OH is 1. The van der Waals surface area contributed by atoms with Crippen LogP contribution in [0.3, 0.4) is 0 Å². The van der Waals surface area contributed by atoms with Gasteiger partial charge in [0.25, 0.3) is 5.91 Å². The second-order valence-corrected chi connectivity index (χ2v) is 13.1. The average molecular weight is 626 g/mol. The average Bonchev–Trinajstić information content (AvgIpc) is 3.49. The molecule has 0 aliphatic carbocycles. The van der Waals surface area contributed by atoms with Crippen molar-refractivity contribution in [1.29, 1.82) is 0 Å². The largest absolute Gasteiger partial charge is 0.461 e. The molecule has 3 aliphatic rings. The molecule has 4 rings (SSSR count). The third-order valence-corrected chi connectivity index (χ3v) is 11.2. The number of hydrogen-bond acceptors (Lipinski definition) is 6. The van der Waals surface area contributed by atoms with Gasteiger partial charge in [-0.15, -0.1) is 18.3 Å². The second-order valence-electron chi connectivity index (χ2n) is 9.94. The van der Waals surface area contributed by atoms with Crippen molar-refractivity contribution in [2.75, 3.05) is 31.2 Å². The van der Waals surface area contributed by atoms with Gasteiger partial charge in [-0.25, -0.2) is 0 Å². The standard InChI is InChI=1S/C28H34BrClN2O5S/c1-3-13-31(20-12-8-7-11-19(20)30)26(35)24-28-17-18(29)23(38-28)21(27(36)37-16-4-2)22(28)25(34)32(24)14-9-5-6-10-15-33/h3-4,7-8,11-12,18,21-24,33H,1-2,5-6,9-10,13-17H2/t18?,21-,22-,23-,24?,28?/m0/s1. The quantitative estimate of drug-likeness (QED) is 0.149. The Balaban J connectivity index is 1.73. The first-order chi connectivity index (χ1) is 18.3. The molecule has 38 heavy (non-hydrogen) atoms. The summed E-state index contributed by atoms with van der Waals surface area (Å²) in [5.41, 5.74) is 0.559. The highest BCUT2D eigenvalue weighted by atomic mass is 79.9. The number of nitrogens with zero attached hydrogens (tertiary/aromatic N) is 2. The van der Waals surface area contributed by atoms with Crippen molar-refractivity contribution in [3.05, 3.63) is 54.6 Å². The summed E-state index contributed by atoms with van der Waals surface area (Å²) in [5.74, 6) is -2.10. The lowest BCUT2D eigenvalue weighted by Crippen LogP contribution is -2.55. The molecule has 2 amide bonds. The van der Waals surface area contributed by atoms with Gasteiger partial charge >= 0.3 is 5.97 Å². The Kier molecular flexibility index (Phi) is 9.66. The molecule has 7 nitrogen and oxygen atoms in total. The number of ether oxygens (including phenoxy) is 1. The number of fused-ring (bicyclic) bond motifs is 1. The van der Waals surface area contributed by atoms with E-state index in [1.54, 1.807) is 45.8 Å². The number of benzene rings is 1. The molecule has 1 aromatic carbocycles. The Bertz CT molecular complexity index is 1090. The first-order valence-electron chi connectivity index (χ1n) is 13.0. The highest BCUT2D eigenvalue weighted by Gasteiger charge is 2.76. The number of thioether (sulfide) groups is 1. The van der Waals surface area contributed by atoms with Crippen molar-refractivity contribution in [1.82, 2.24) is 4.90 Å². The van der Waals surface area contributed by atoms with Gasteiger partial charge in [0.15, 0.2) is 0 Å². The summed E-state index contributed by atoms with van der Waals surface area (Å²) in [5, 5.41) is 9.40. The Morgan fingerprint density at radius 1 is 1.24 bits per heavy atom. The van der Waals surface area contributed by atoms with Crippen molar-refractivity contribution < 1.29 is 24.2 Å². The van der Waals surface area contributed by atoms with E-state index in [-0.39, 0.29) is 41.6 Å². The lowest BCUT2D eigenvalue weighted by Gasteiger charge is -2.38. The number of hydrogen-bond donors (Lipinski definition) is 1. The number of likely N-dealkylation sites (tertiary alicyclic amines) is 1. The van der Waals surface area contributed by atoms with Crippen molar-refractivity contribution in [3.63, 3.8) is 0 Å². The monoisotopic (exact) mass is 624 g/mol. The highest BCUT2D eigenvalue weighted by molar-refractivity contribution is 9.09. The number of para-hydroxylation sites is 1. The smallest absolute Gasteiger partial charge is 0.311 e. The maximum Gasteiger partial charge on any atom is 0.311 e.